The molecule has 0 aliphatic rings. The number of carbonyl (C=O) groups excluding carboxylic acids is 1. The monoisotopic (exact) mass is 276 g/mol. The van der Waals surface area contributed by atoms with Gasteiger partial charge in [0.25, 0.3) is 0 Å². The molecule has 5 heteroatoms. The van der Waals surface area contributed by atoms with Crippen molar-refractivity contribution < 1.29 is 9.00 Å². The standard InChI is InChI=1S/C13H28N2O2S/c1-4-5-12(8-9-14)6-7-13(16)15-10-11(2)18(3)17/h11-12H,4-10,14H2,1-3H3,(H,15,16). The molecule has 0 fully saturated rings. The molecule has 0 heterocycles. The Morgan fingerprint density at radius 3 is 2.50 bits per heavy atom. The van der Waals surface area contributed by atoms with E-state index in [1.54, 1.807) is 6.26 Å². The van der Waals surface area contributed by atoms with Gasteiger partial charge >= 0.3 is 0 Å². The average molecular weight is 276 g/mol. The summed E-state index contributed by atoms with van der Waals surface area (Å²) in [5.41, 5.74) is 5.56. The lowest BCUT2D eigenvalue weighted by Crippen LogP contribution is -2.32. The van der Waals surface area contributed by atoms with Crippen LogP contribution in [0.2, 0.25) is 0 Å². The smallest absolute Gasteiger partial charge is 0.220 e. The Bertz CT molecular complexity index is 253. The first-order valence-electron chi connectivity index (χ1n) is 6.80. The summed E-state index contributed by atoms with van der Waals surface area (Å²) in [6.07, 6.45) is 6.39. The van der Waals surface area contributed by atoms with Gasteiger partial charge in [-0.15, -0.1) is 0 Å². The Labute approximate surface area is 114 Å². The summed E-state index contributed by atoms with van der Waals surface area (Å²) in [7, 11) is -0.877. The number of nitrogens with one attached hydrogen (secondary N) is 1. The van der Waals surface area contributed by atoms with Crippen LogP contribution in [0.3, 0.4) is 0 Å². The number of rotatable bonds is 10. The summed E-state index contributed by atoms with van der Waals surface area (Å²) in [6.45, 7) is 5.22. The van der Waals surface area contributed by atoms with Crippen LogP contribution in [-0.2, 0) is 15.6 Å². The van der Waals surface area contributed by atoms with E-state index in [2.05, 4.69) is 12.2 Å². The molecule has 0 spiro atoms. The van der Waals surface area contributed by atoms with Crippen molar-refractivity contribution in [3.05, 3.63) is 0 Å². The Kier molecular flexibility index (Phi) is 10.3. The lowest BCUT2D eigenvalue weighted by molar-refractivity contribution is -0.121. The third-order valence-corrected chi connectivity index (χ3v) is 4.50. The zero-order valence-corrected chi connectivity index (χ0v) is 12.7. The van der Waals surface area contributed by atoms with Crippen molar-refractivity contribution in [2.75, 3.05) is 19.3 Å². The van der Waals surface area contributed by atoms with Crippen LogP contribution < -0.4 is 11.1 Å². The van der Waals surface area contributed by atoms with Gasteiger partial charge in [-0.2, -0.15) is 0 Å². The molecule has 0 bridgehead atoms. The van der Waals surface area contributed by atoms with Gasteiger partial charge in [-0.3, -0.25) is 9.00 Å². The summed E-state index contributed by atoms with van der Waals surface area (Å²) in [6, 6.07) is 0. The normalized spacial score (nSPS) is 16.0. The third kappa shape index (κ3) is 8.64. The minimum absolute atomic E-state index is 0.0180. The van der Waals surface area contributed by atoms with Crippen LogP contribution in [0.25, 0.3) is 0 Å². The quantitative estimate of drug-likeness (QED) is 0.634. The molecular formula is C13H28N2O2S. The number of nitrogens with two attached hydrogens (primary N) is 1. The maximum Gasteiger partial charge on any atom is 0.220 e. The van der Waals surface area contributed by atoms with Crippen LogP contribution in [0.15, 0.2) is 0 Å². The van der Waals surface area contributed by atoms with Crippen molar-refractivity contribution in [1.82, 2.24) is 5.32 Å². The first-order chi connectivity index (χ1) is 8.51. The molecule has 0 aromatic rings. The summed E-state index contributed by atoms with van der Waals surface area (Å²) >= 11 is 0. The fourth-order valence-electron chi connectivity index (χ4n) is 1.88. The van der Waals surface area contributed by atoms with E-state index in [0.717, 1.165) is 25.7 Å². The van der Waals surface area contributed by atoms with E-state index in [0.29, 0.717) is 25.4 Å². The van der Waals surface area contributed by atoms with E-state index < -0.39 is 10.8 Å². The van der Waals surface area contributed by atoms with Gasteiger partial charge in [0.05, 0.1) is 0 Å². The lowest BCUT2D eigenvalue weighted by atomic mass is 9.94. The van der Waals surface area contributed by atoms with Crippen LogP contribution in [0.4, 0.5) is 0 Å². The molecular weight excluding hydrogens is 248 g/mol. The zero-order chi connectivity index (χ0) is 14.0. The fraction of sp³-hybridized carbons (Fsp3) is 0.923. The molecule has 108 valence electrons. The highest BCUT2D eigenvalue weighted by Gasteiger charge is 2.11. The molecule has 1 amide bonds. The summed E-state index contributed by atoms with van der Waals surface area (Å²) in [5, 5.41) is 2.86. The summed E-state index contributed by atoms with van der Waals surface area (Å²) in [4.78, 5) is 11.6. The van der Waals surface area contributed by atoms with E-state index >= 15 is 0 Å². The van der Waals surface area contributed by atoms with Crippen molar-refractivity contribution in [2.24, 2.45) is 11.7 Å². The third-order valence-electron chi connectivity index (χ3n) is 3.20. The van der Waals surface area contributed by atoms with Crippen molar-refractivity contribution in [2.45, 2.75) is 51.2 Å². The van der Waals surface area contributed by atoms with E-state index in [-0.39, 0.29) is 11.2 Å². The second-order valence-corrected chi connectivity index (χ2v) is 6.69. The van der Waals surface area contributed by atoms with E-state index in [4.69, 9.17) is 5.73 Å². The van der Waals surface area contributed by atoms with Crippen LogP contribution >= 0.6 is 0 Å². The first kappa shape index (κ1) is 17.6. The lowest BCUT2D eigenvalue weighted by Gasteiger charge is -2.15. The van der Waals surface area contributed by atoms with E-state index in [1.165, 1.54) is 0 Å². The van der Waals surface area contributed by atoms with Crippen LogP contribution in [0.1, 0.15) is 46.0 Å². The van der Waals surface area contributed by atoms with E-state index in [9.17, 15) is 9.00 Å². The second-order valence-electron chi connectivity index (χ2n) is 4.88. The Morgan fingerprint density at radius 2 is 2.00 bits per heavy atom. The van der Waals surface area contributed by atoms with Gasteiger partial charge in [0.2, 0.25) is 5.91 Å². The Hall–Kier alpha value is -0.420. The molecule has 0 aromatic carbocycles. The molecule has 0 radical (unpaired) electrons. The molecule has 3 atom stereocenters. The second kappa shape index (κ2) is 10.5. The minimum Gasteiger partial charge on any atom is -0.355 e. The largest absolute Gasteiger partial charge is 0.355 e. The van der Waals surface area contributed by atoms with Crippen molar-refractivity contribution >= 4 is 16.7 Å². The highest BCUT2D eigenvalue weighted by atomic mass is 32.2. The molecule has 3 N–H and O–H groups in total. The van der Waals surface area contributed by atoms with Gasteiger partial charge in [-0.05, 0) is 32.2 Å². The molecule has 18 heavy (non-hydrogen) atoms. The molecule has 3 unspecified atom stereocenters. The molecule has 0 rings (SSSR count). The molecule has 0 saturated carbocycles. The minimum atomic E-state index is -0.877. The van der Waals surface area contributed by atoms with Gasteiger partial charge in [-0.1, -0.05) is 19.8 Å². The van der Waals surface area contributed by atoms with Crippen LogP contribution in [-0.4, -0.2) is 34.7 Å². The highest BCUT2D eigenvalue weighted by Crippen LogP contribution is 2.16. The number of hydrogen-bond donors (Lipinski definition) is 2. The predicted octanol–water partition coefficient (Wildman–Crippen LogP) is 1.41. The SMILES string of the molecule is CCCC(CCN)CCC(=O)NCC(C)S(C)=O. The van der Waals surface area contributed by atoms with E-state index in [1.807, 2.05) is 6.92 Å². The van der Waals surface area contributed by atoms with Crippen molar-refractivity contribution in [3.63, 3.8) is 0 Å². The summed E-state index contributed by atoms with van der Waals surface area (Å²) in [5.74, 6) is 0.619. The van der Waals surface area contributed by atoms with Crippen molar-refractivity contribution in [1.29, 1.82) is 0 Å². The molecule has 0 saturated heterocycles. The molecule has 0 aromatic heterocycles. The maximum atomic E-state index is 11.6. The molecule has 4 nitrogen and oxygen atoms in total. The number of carbonyl (C=O) groups is 1. The number of hydrogen-bond acceptors (Lipinski definition) is 3. The summed E-state index contributed by atoms with van der Waals surface area (Å²) < 4.78 is 11.1. The van der Waals surface area contributed by atoms with Crippen molar-refractivity contribution in [3.8, 4) is 0 Å². The van der Waals surface area contributed by atoms with Crippen LogP contribution in [0, 0.1) is 5.92 Å². The average Bonchev–Trinajstić information content (AvgIpc) is 2.33. The van der Waals surface area contributed by atoms with Gasteiger partial charge in [0.15, 0.2) is 0 Å². The van der Waals surface area contributed by atoms with Crippen LogP contribution in [0.5, 0.6) is 0 Å². The maximum absolute atomic E-state index is 11.6. The van der Waals surface area contributed by atoms with Gasteiger partial charge in [0, 0.05) is 35.3 Å². The Morgan fingerprint density at radius 1 is 1.33 bits per heavy atom. The van der Waals surface area contributed by atoms with Gasteiger partial charge in [0.1, 0.15) is 0 Å². The topological polar surface area (TPSA) is 72.2 Å². The Balaban J connectivity index is 3.83. The fourth-order valence-corrected chi connectivity index (χ4v) is 2.19. The predicted molar refractivity (Wildman–Crippen MR) is 77.8 cm³/mol. The zero-order valence-electron chi connectivity index (χ0n) is 11.9. The number of amides is 1. The molecule has 0 aliphatic heterocycles. The van der Waals surface area contributed by atoms with Gasteiger partial charge < -0.3 is 11.1 Å². The molecule has 0 aliphatic carbocycles. The first-order valence-corrected chi connectivity index (χ1v) is 8.42. The van der Waals surface area contributed by atoms with Gasteiger partial charge in [-0.25, -0.2) is 0 Å². The highest BCUT2D eigenvalue weighted by molar-refractivity contribution is 7.84.